The second-order valence-electron chi connectivity index (χ2n) is 6.03. The van der Waals surface area contributed by atoms with Crippen LogP contribution in [0.1, 0.15) is 12.5 Å². The molecular formula is C18H17Cl2F3N2O4S. The van der Waals surface area contributed by atoms with E-state index in [1.165, 1.54) is 18.2 Å². The molecule has 12 heteroatoms. The van der Waals surface area contributed by atoms with Gasteiger partial charge >= 0.3 is 6.18 Å². The van der Waals surface area contributed by atoms with Gasteiger partial charge in [0.1, 0.15) is 10.6 Å². The van der Waals surface area contributed by atoms with E-state index in [2.05, 4.69) is 5.32 Å². The standard InChI is InChI=1S/C18H17Cl2F3N2O4S/c1-3-29-15-7-5-12(19)9-16(15)30(27,28)25(2)10-17(26)24-14-8-11(18(21,22)23)4-6-13(14)20/h4-9H,3,10H2,1-2H3,(H,24,26). The number of anilines is 1. The van der Waals surface area contributed by atoms with Gasteiger partial charge in [-0.1, -0.05) is 23.2 Å². The summed E-state index contributed by atoms with van der Waals surface area (Å²) in [7, 11) is -3.05. The zero-order valence-electron chi connectivity index (χ0n) is 15.8. The van der Waals surface area contributed by atoms with E-state index in [4.69, 9.17) is 27.9 Å². The van der Waals surface area contributed by atoms with Crippen LogP contribution in [-0.4, -0.2) is 38.8 Å². The van der Waals surface area contributed by atoms with Crippen LogP contribution in [-0.2, 0) is 21.0 Å². The lowest BCUT2D eigenvalue weighted by Crippen LogP contribution is -2.35. The number of hydrogen-bond acceptors (Lipinski definition) is 4. The van der Waals surface area contributed by atoms with Crippen LogP contribution in [0, 0.1) is 0 Å². The maximum absolute atomic E-state index is 12.9. The molecule has 0 radical (unpaired) electrons. The number of rotatable bonds is 7. The normalized spacial score (nSPS) is 12.1. The predicted octanol–water partition coefficient (Wildman–Crippen LogP) is 4.67. The lowest BCUT2D eigenvalue weighted by Gasteiger charge is -2.19. The molecular weight excluding hydrogens is 468 g/mol. The van der Waals surface area contributed by atoms with Gasteiger partial charge in [-0.2, -0.15) is 17.5 Å². The Morgan fingerprint density at radius 2 is 1.83 bits per heavy atom. The summed E-state index contributed by atoms with van der Waals surface area (Å²) in [5, 5.41) is 2.21. The van der Waals surface area contributed by atoms with Crippen molar-refractivity contribution >= 4 is 44.8 Å². The van der Waals surface area contributed by atoms with Crippen molar-refractivity contribution in [2.45, 2.75) is 18.0 Å². The zero-order valence-corrected chi connectivity index (χ0v) is 18.1. The highest BCUT2D eigenvalue weighted by molar-refractivity contribution is 7.89. The summed E-state index contributed by atoms with van der Waals surface area (Å²) in [6, 6.07) is 6.44. The second-order valence-corrected chi connectivity index (χ2v) is 8.88. The smallest absolute Gasteiger partial charge is 0.416 e. The first-order valence-electron chi connectivity index (χ1n) is 8.41. The number of amides is 1. The van der Waals surface area contributed by atoms with Crippen LogP contribution in [0.2, 0.25) is 10.0 Å². The fraction of sp³-hybridized carbons (Fsp3) is 0.278. The lowest BCUT2D eigenvalue weighted by molar-refractivity contribution is -0.137. The van der Waals surface area contributed by atoms with Crippen LogP contribution >= 0.6 is 23.2 Å². The van der Waals surface area contributed by atoms with Crippen molar-refractivity contribution in [2.75, 3.05) is 25.5 Å². The van der Waals surface area contributed by atoms with Gasteiger partial charge < -0.3 is 10.1 Å². The van der Waals surface area contributed by atoms with Gasteiger partial charge in [-0.15, -0.1) is 0 Å². The van der Waals surface area contributed by atoms with E-state index < -0.39 is 34.2 Å². The maximum atomic E-state index is 12.9. The third-order valence-electron chi connectivity index (χ3n) is 3.83. The average molecular weight is 485 g/mol. The molecule has 0 spiro atoms. The molecule has 2 aromatic carbocycles. The molecule has 30 heavy (non-hydrogen) atoms. The molecule has 1 amide bonds. The van der Waals surface area contributed by atoms with Crippen LogP contribution < -0.4 is 10.1 Å². The molecule has 2 aromatic rings. The highest BCUT2D eigenvalue weighted by atomic mass is 35.5. The fourth-order valence-corrected chi connectivity index (χ4v) is 4.08. The third kappa shape index (κ3) is 5.78. The number of hydrogen-bond donors (Lipinski definition) is 1. The van der Waals surface area contributed by atoms with Crippen molar-refractivity contribution in [3.05, 3.63) is 52.0 Å². The number of halogens is 5. The third-order valence-corrected chi connectivity index (χ3v) is 6.22. The SMILES string of the molecule is CCOc1ccc(Cl)cc1S(=O)(=O)N(C)CC(=O)Nc1cc(C(F)(F)F)ccc1Cl. The number of carbonyl (C=O) groups is 1. The van der Waals surface area contributed by atoms with Crippen molar-refractivity contribution in [1.29, 1.82) is 0 Å². The topological polar surface area (TPSA) is 75.7 Å². The van der Waals surface area contributed by atoms with E-state index in [9.17, 15) is 26.4 Å². The number of carbonyl (C=O) groups excluding carboxylic acids is 1. The van der Waals surface area contributed by atoms with Crippen molar-refractivity contribution < 1.29 is 31.1 Å². The van der Waals surface area contributed by atoms with Crippen molar-refractivity contribution in [3.8, 4) is 5.75 Å². The van der Waals surface area contributed by atoms with E-state index in [0.29, 0.717) is 6.07 Å². The number of ether oxygens (including phenoxy) is 1. The number of likely N-dealkylation sites (N-methyl/N-ethyl adjacent to an activating group) is 1. The number of nitrogens with zero attached hydrogens (tertiary/aromatic N) is 1. The molecule has 0 aliphatic rings. The highest BCUT2D eigenvalue weighted by Gasteiger charge is 2.31. The summed E-state index contributed by atoms with van der Waals surface area (Å²) in [4.78, 5) is 12.0. The Bertz CT molecular complexity index is 1050. The van der Waals surface area contributed by atoms with Crippen molar-refractivity contribution in [3.63, 3.8) is 0 Å². The summed E-state index contributed by atoms with van der Waals surface area (Å²) in [6.07, 6.45) is -4.63. The van der Waals surface area contributed by atoms with Crippen molar-refractivity contribution in [2.24, 2.45) is 0 Å². The summed E-state index contributed by atoms with van der Waals surface area (Å²) < 4.78 is 70.3. The summed E-state index contributed by atoms with van der Waals surface area (Å²) in [5.41, 5.74) is -1.30. The van der Waals surface area contributed by atoms with Crippen LogP contribution in [0.3, 0.4) is 0 Å². The summed E-state index contributed by atoms with van der Waals surface area (Å²) in [5.74, 6) is -0.836. The van der Waals surface area contributed by atoms with Gasteiger partial charge in [0, 0.05) is 12.1 Å². The molecule has 0 bridgehead atoms. The molecule has 0 aliphatic heterocycles. The van der Waals surface area contributed by atoms with Gasteiger partial charge in [-0.25, -0.2) is 8.42 Å². The molecule has 0 fully saturated rings. The zero-order chi connectivity index (χ0) is 22.7. The summed E-state index contributed by atoms with van der Waals surface area (Å²) in [6.45, 7) is 1.18. The first-order chi connectivity index (χ1) is 13.9. The van der Waals surface area contributed by atoms with Crippen LogP contribution in [0.5, 0.6) is 5.75 Å². The minimum Gasteiger partial charge on any atom is -0.492 e. The quantitative estimate of drug-likeness (QED) is 0.619. The van der Waals surface area contributed by atoms with Gasteiger partial charge in [0.05, 0.1) is 29.4 Å². The first kappa shape index (κ1) is 24.3. The number of sulfonamides is 1. The molecule has 0 atom stereocenters. The fourth-order valence-electron chi connectivity index (χ4n) is 2.40. The Hall–Kier alpha value is -2.01. The van der Waals surface area contributed by atoms with Gasteiger partial charge in [-0.05, 0) is 43.3 Å². The van der Waals surface area contributed by atoms with Gasteiger partial charge in [0.15, 0.2) is 0 Å². The monoisotopic (exact) mass is 484 g/mol. The Labute approximate surface area is 181 Å². The molecule has 1 N–H and O–H groups in total. The molecule has 0 saturated heterocycles. The Kier molecular flexibility index (Phi) is 7.62. The van der Waals surface area contributed by atoms with Gasteiger partial charge in [0.25, 0.3) is 0 Å². The van der Waals surface area contributed by atoms with E-state index >= 15 is 0 Å². The van der Waals surface area contributed by atoms with Crippen LogP contribution in [0.15, 0.2) is 41.3 Å². The van der Waals surface area contributed by atoms with Gasteiger partial charge in [0.2, 0.25) is 15.9 Å². The molecule has 6 nitrogen and oxygen atoms in total. The average Bonchev–Trinajstić information content (AvgIpc) is 2.64. The van der Waals surface area contributed by atoms with Crippen molar-refractivity contribution in [1.82, 2.24) is 4.31 Å². The summed E-state index contributed by atoms with van der Waals surface area (Å²) >= 11 is 11.7. The molecule has 0 heterocycles. The van der Waals surface area contributed by atoms with Crippen LogP contribution in [0.4, 0.5) is 18.9 Å². The highest BCUT2D eigenvalue weighted by Crippen LogP contribution is 2.34. The minimum absolute atomic E-state index is 0.0510. The Morgan fingerprint density at radius 3 is 2.43 bits per heavy atom. The second kappa shape index (κ2) is 9.42. The number of nitrogens with one attached hydrogen (secondary N) is 1. The van der Waals surface area contributed by atoms with E-state index in [1.807, 2.05) is 0 Å². The predicted molar refractivity (Wildman–Crippen MR) is 108 cm³/mol. The molecule has 164 valence electrons. The number of benzene rings is 2. The van der Waals surface area contributed by atoms with Gasteiger partial charge in [-0.3, -0.25) is 4.79 Å². The molecule has 2 rings (SSSR count). The lowest BCUT2D eigenvalue weighted by atomic mass is 10.2. The molecule has 0 saturated carbocycles. The Balaban J connectivity index is 2.23. The Morgan fingerprint density at radius 1 is 1.17 bits per heavy atom. The van der Waals surface area contributed by atoms with E-state index in [-0.39, 0.29) is 33.0 Å². The maximum Gasteiger partial charge on any atom is 0.416 e. The molecule has 0 aliphatic carbocycles. The molecule has 0 aromatic heterocycles. The molecule has 0 unspecified atom stereocenters. The minimum atomic E-state index is -4.63. The van der Waals surface area contributed by atoms with E-state index in [1.54, 1.807) is 6.92 Å². The number of alkyl halides is 3. The largest absolute Gasteiger partial charge is 0.492 e. The van der Waals surface area contributed by atoms with E-state index in [0.717, 1.165) is 23.5 Å². The first-order valence-corrected chi connectivity index (χ1v) is 10.6. The van der Waals surface area contributed by atoms with Crippen LogP contribution in [0.25, 0.3) is 0 Å².